The molecule has 0 radical (unpaired) electrons. The third kappa shape index (κ3) is 8.01. The molecule has 2 aromatic carbocycles. The maximum absolute atomic E-state index is 13.5. The molecule has 2 aromatic heterocycles. The van der Waals surface area contributed by atoms with E-state index in [0.717, 1.165) is 54.4 Å². The molecule has 252 valence electrons. The molecule has 2 atom stereocenters. The average Bonchev–Trinajstić information content (AvgIpc) is 3.47. The van der Waals surface area contributed by atoms with Gasteiger partial charge in [-0.3, -0.25) is 9.72 Å². The number of pyridine rings is 1. The Kier molecular flexibility index (Phi) is 10.1. The summed E-state index contributed by atoms with van der Waals surface area (Å²) in [6, 6.07) is 17.2. The number of phenols is 1. The van der Waals surface area contributed by atoms with Crippen LogP contribution in [0.5, 0.6) is 5.75 Å². The lowest BCUT2D eigenvalue weighted by molar-refractivity contribution is 0.239. The number of carbonyl (C=O) groups is 1. The molecule has 6 rings (SSSR count). The molecule has 1 fully saturated rings. The molecule has 2 unspecified atom stereocenters. The number of hydrogen-bond donors (Lipinski definition) is 4. The van der Waals surface area contributed by atoms with Gasteiger partial charge in [0.05, 0.1) is 11.7 Å². The number of benzene rings is 2. The third-order valence-corrected chi connectivity index (χ3v) is 10.3. The Morgan fingerprint density at radius 2 is 1.81 bits per heavy atom. The number of fused-ring (bicyclic) bond motifs is 2. The number of thioether (sulfide) groups is 1. The number of phenolic OH excluding ortho intramolecular Hbond substituents is 1. The van der Waals surface area contributed by atoms with Gasteiger partial charge < -0.3 is 20.7 Å². The van der Waals surface area contributed by atoms with E-state index in [1.165, 1.54) is 29.7 Å². The minimum absolute atomic E-state index is 0.108. The predicted octanol–water partition coefficient (Wildman–Crippen LogP) is 7.93. The number of aliphatic imine (C=N–C) groups is 1. The molecule has 2 amide bonds. The fourth-order valence-corrected chi connectivity index (χ4v) is 7.57. The summed E-state index contributed by atoms with van der Waals surface area (Å²) in [5, 5.41) is 33.8. The van der Waals surface area contributed by atoms with E-state index in [2.05, 4.69) is 71.7 Å². The third-order valence-electron chi connectivity index (χ3n) is 9.19. The van der Waals surface area contributed by atoms with Crippen molar-refractivity contribution in [2.24, 2.45) is 10.4 Å². The summed E-state index contributed by atoms with van der Waals surface area (Å²) in [7, 11) is 0. The zero-order chi connectivity index (χ0) is 33.8. The van der Waals surface area contributed by atoms with Gasteiger partial charge in [0.25, 0.3) is 0 Å². The van der Waals surface area contributed by atoms with Crippen LogP contribution in [0.2, 0.25) is 0 Å². The van der Waals surface area contributed by atoms with Crippen molar-refractivity contribution in [3.8, 4) is 5.75 Å². The Labute approximate surface area is 287 Å². The van der Waals surface area contributed by atoms with Crippen LogP contribution in [0.3, 0.4) is 0 Å². The van der Waals surface area contributed by atoms with E-state index in [0.29, 0.717) is 23.2 Å². The Morgan fingerprint density at radius 3 is 2.56 bits per heavy atom. The Morgan fingerprint density at radius 1 is 1.04 bits per heavy atom. The van der Waals surface area contributed by atoms with Crippen molar-refractivity contribution >= 4 is 46.6 Å². The molecule has 1 aliphatic heterocycles. The van der Waals surface area contributed by atoms with E-state index >= 15 is 0 Å². The maximum atomic E-state index is 13.5. The van der Waals surface area contributed by atoms with Gasteiger partial charge in [-0.1, -0.05) is 45.0 Å². The number of carbonyl (C=O) groups excluding carboxylic acids is 1. The summed E-state index contributed by atoms with van der Waals surface area (Å²) in [4.78, 5) is 21.6. The molecule has 0 saturated carbocycles. The molecule has 0 bridgehead atoms. The summed E-state index contributed by atoms with van der Waals surface area (Å²) < 4.78 is 2.13. The number of hydrogen-bond acceptors (Lipinski definition) is 8. The summed E-state index contributed by atoms with van der Waals surface area (Å²) in [6.07, 6.45) is 7.78. The topological polar surface area (TPSA) is 131 Å². The minimum atomic E-state index is -0.375. The van der Waals surface area contributed by atoms with Crippen molar-refractivity contribution in [1.82, 2.24) is 25.2 Å². The highest BCUT2D eigenvalue weighted by molar-refractivity contribution is 7.99. The molecular weight excluding hydrogens is 621 g/mol. The van der Waals surface area contributed by atoms with Crippen molar-refractivity contribution in [2.45, 2.75) is 83.1 Å². The van der Waals surface area contributed by atoms with Crippen molar-refractivity contribution in [2.75, 3.05) is 23.7 Å². The quantitative estimate of drug-likeness (QED) is 0.0858. The number of nitrogens with one attached hydrogen (secondary N) is 3. The molecular formula is C37H46N8O2S. The summed E-state index contributed by atoms with van der Waals surface area (Å²) in [5.74, 6) is 2.69. The highest BCUT2D eigenvalue weighted by atomic mass is 32.2. The number of urea groups is 1. The standard InChI is InChI=1S/C37H46N8O2S/c1-24-18-26(20-27(46)19-24)39-33(21-32(38)37(2,3)4)41-35(47)40-31-14-12-25(29-10-6-7-11-30(29)31)23-48-28-13-15-34-42-43-36(45(34)22-28)44-16-8-5-9-17-44/h6-7,10-11,13,15,18-20,22,25,31,38,46H,5,8-9,12,14,16-17,21,23H2,1-4H3,(H2,39,40,41,47). The van der Waals surface area contributed by atoms with Crippen molar-refractivity contribution in [3.63, 3.8) is 0 Å². The second kappa shape index (κ2) is 14.4. The molecule has 3 heterocycles. The molecule has 10 nitrogen and oxygen atoms in total. The van der Waals surface area contributed by atoms with E-state index in [4.69, 9.17) is 5.41 Å². The van der Waals surface area contributed by atoms with E-state index in [1.807, 2.05) is 51.6 Å². The molecule has 2 aliphatic rings. The van der Waals surface area contributed by atoms with Crippen LogP contribution in [0.25, 0.3) is 5.65 Å². The van der Waals surface area contributed by atoms with Crippen LogP contribution in [0, 0.1) is 17.7 Å². The molecule has 4 aromatic rings. The van der Waals surface area contributed by atoms with Gasteiger partial charge in [0.2, 0.25) is 5.95 Å². The molecule has 1 saturated heterocycles. The van der Waals surface area contributed by atoms with Crippen molar-refractivity contribution < 1.29 is 9.90 Å². The average molecular weight is 667 g/mol. The van der Waals surface area contributed by atoms with Crippen molar-refractivity contribution in [3.05, 3.63) is 77.5 Å². The predicted molar refractivity (Wildman–Crippen MR) is 194 cm³/mol. The second-order valence-electron chi connectivity index (χ2n) is 14.0. The second-order valence-corrected chi connectivity index (χ2v) is 15.1. The van der Waals surface area contributed by atoms with Gasteiger partial charge in [0.1, 0.15) is 11.6 Å². The number of amidine groups is 1. The monoisotopic (exact) mass is 666 g/mol. The number of nitrogens with zero attached hydrogens (tertiary/aromatic N) is 5. The largest absolute Gasteiger partial charge is 0.508 e. The van der Waals surface area contributed by atoms with Crippen LogP contribution in [-0.4, -0.2) is 56.1 Å². The number of rotatable bonds is 8. The first kappa shape index (κ1) is 33.5. The van der Waals surface area contributed by atoms with Crippen LogP contribution >= 0.6 is 11.8 Å². The molecule has 4 N–H and O–H groups in total. The van der Waals surface area contributed by atoms with E-state index in [1.54, 1.807) is 12.1 Å². The molecule has 0 spiro atoms. The number of piperidine rings is 1. The molecule has 48 heavy (non-hydrogen) atoms. The Balaban J connectivity index is 1.14. The lowest BCUT2D eigenvalue weighted by Crippen LogP contribution is -2.43. The fourth-order valence-electron chi connectivity index (χ4n) is 6.49. The lowest BCUT2D eigenvalue weighted by atomic mass is 9.81. The van der Waals surface area contributed by atoms with Crippen LogP contribution < -0.4 is 15.5 Å². The zero-order valence-corrected chi connectivity index (χ0v) is 29.1. The number of aromatic nitrogens is 3. The van der Waals surface area contributed by atoms with Gasteiger partial charge in [-0.2, -0.15) is 0 Å². The normalized spacial score (nSPS) is 18.4. The van der Waals surface area contributed by atoms with E-state index in [9.17, 15) is 9.90 Å². The SMILES string of the molecule is Cc1cc(O)cc(N=C(CC(=N)C(C)(C)C)NC(=O)NC2CCC(CSc3ccc4nnc(N5CCCCC5)n4c3)c3ccccc32)c1. The van der Waals surface area contributed by atoms with Crippen LogP contribution in [0.4, 0.5) is 16.4 Å². The number of aryl methyl sites for hydroxylation is 1. The summed E-state index contributed by atoms with van der Waals surface area (Å²) in [5.41, 5.74) is 4.73. The lowest BCUT2D eigenvalue weighted by Gasteiger charge is -2.32. The van der Waals surface area contributed by atoms with Crippen LogP contribution in [0.15, 0.2) is 70.7 Å². The van der Waals surface area contributed by atoms with Gasteiger partial charge in [-0.15, -0.1) is 22.0 Å². The highest BCUT2D eigenvalue weighted by Crippen LogP contribution is 2.40. The Hall–Kier alpha value is -4.38. The first-order valence-electron chi connectivity index (χ1n) is 16.9. The van der Waals surface area contributed by atoms with Crippen LogP contribution in [-0.2, 0) is 0 Å². The van der Waals surface area contributed by atoms with Crippen molar-refractivity contribution in [1.29, 1.82) is 5.41 Å². The number of amides is 2. The van der Waals surface area contributed by atoms with Gasteiger partial charge in [0.15, 0.2) is 5.65 Å². The van der Waals surface area contributed by atoms with Gasteiger partial charge in [0, 0.05) is 48.1 Å². The minimum Gasteiger partial charge on any atom is -0.508 e. The highest BCUT2D eigenvalue weighted by Gasteiger charge is 2.29. The zero-order valence-electron chi connectivity index (χ0n) is 28.3. The number of anilines is 1. The summed E-state index contributed by atoms with van der Waals surface area (Å²) >= 11 is 1.85. The smallest absolute Gasteiger partial charge is 0.320 e. The first-order valence-corrected chi connectivity index (χ1v) is 17.9. The maximum Gasteiger partial charge on any atom is 0.320 e. The van der Waals surface area contributed by atoms with Gasteiger partial charge >= 0.3 is 6.03 Å². The molecule has 11 heteroatoms. The Bertz CT molecular complexity index is 1800. The molecule has 1 aliphatic carbocycles. The van der Waals surface area contributed by atoms with Gasteiger partial charge in [-0.25, -0.2) is 9.79 Å². The van der Waals surface area contributed by atoms with E-state index < -0.39 is 0 Å². The summed E-state index contributed by atoms with van der Waals surface area (Å²) in [6.45, 7) is 9.84. The van der Waals surface area contributed by atoms with Gasteiger partial charge in [-0.05, 0) is 91.3 Å². The van der Waals surface area contributed by atoms with E-state index in [-0.39, 0.29) is 29.7 Å². The number of aromatic hydroxyl groups is 1. The first-order chi connectivity index (χ1) is 23.0. The fraction of sp³-hybridized carbons (Fsp3) is 0.432. The van der Waals surface area contributed by atoms with Crippen LogP contribution in [0.1, 0.15) is 87.9 Å².